The topological polar surface area (TPSA) is 123 Å². The molecular formula is C20H27F2N7O2S2. The summed E-state index contributed by atoms with van der Waals surface area (Å²) in [4.78, 5) is 2.08. The predicted molar refractivity (Wildman–Crippen MR) is 125 cm³/mol. The highest BCUT2D eigenvalue weighted by molar-refractivity contribution is 7.89. The highest BCUT2D eigenvalue weighted by Crippen LogP contribution is 2.38. The van der Waals surface area contributed by atoms with Crippen LogP contribution in [0, 0.1) is 5.41 Å². The zero-order valence-electron chi connectivity index (χ0n) is 18.5. The molecule has 9 nitrogen and oxygen atoms in total. The molecule has 1 saturated heterocycles. The highest BCUT2D eigenvalue weighted by Gasteiger charge is 2.41. The molecule has 1 aliphatic heterocycles. The van der Waals surface area contributed by atoms with Gasteiger partial charge in [-0.3, -0.25) is 0 Å². The van der Waals surface area contributed by atoms with E-state index in [9.17, 15) is 17.2 Å². The zero-order valence-corrected chi connectivity index (χ0v) is 20.2. The van der Waals surface area contributed by atoms with Gasteiger partial charge in [0.15, 0.2) is 5.01 Å². The molecule has 13 heteroatoms. The summed E-state index contributed by atoms with van der Waals surface area (Å²) in [6.45, 7) is 7.16. The number of aromatic nitrogens is 2. The van der Waals surface area contributed by atoms with Crippen LogP contribution in [0.5, 0.6) is 0 Å². The second-order valence-corrected chi connectivity index (χ2v) is 11.7. The van der Waals surface area contributed by atoms with Gasteiger partial charge in [0, 0.05) is 48.2 Å². The number of nitrogens with one attached hydrogen (secondary N) is 4. The van der Waals surface area contributed by atoms with Gasteiger partial charge in [0.05, 0.1) is 10.6 Å². The summed E-state index contributed by atoms with van der Waals surface area (Å²) >= 11 is 0.683. The van der Waals surface area contributed by atoms with E-state index in [4.69, 9.17) is 5.41 Å². The van der Waals surface area contributed by atoms with Gasteiger partial charge in [-0.15, -0.1) is 10.2 Å². The predicted octanol–water partition coefficient (Wildman–Crippen LogP) is 3.23. The second kappa shape index (κ2) is 8.85. The molecule has 4 rings (SSSR count). The minimum Gasteiger partial charge on any atom is -0.368 e. The molecule has 33 heavy (non-hydrogen) atoms. The van der Waals surface area contributed by atoms with Gasteiger partial charge in [0.2, 0.25) is 15.2 Å². The van der Waals surface area contributed by atoms with E-state index in [1.54, 1.807) is 6.07 Å². The van der Waals surface area contributed by atoms with E-state index in [-0.39, 0.29) is 22.1 Å². The van der Waals surface area contributed by atoms with E-state index in [1.165, 1.54) is 6.07 Å². The molecule has 1 saturated carbocycles. The SMILES string of the molecule is C[C@H]1CN(c2cc(S(=O)(=O)NC3(C)CC3)cc(Nc3nnc(C(F)F)s3)c2C=N)C[C@H](C)N1. The van der Waals surface area contributed by atoms with Gasteiger partial charge in [-0.05, 0) is 45.7 Å². The first-order valence-corrected chi connectivity index (χ1v) is 12.9. The van der Waals surface area contributed by atoms with Crippen LogP contribution in [-0.2, 0) is 10.0 Å². The largest absolute Gasteiger partial charge is 0.368 e. The van der Waals surface area contributed by atoms with Crippen molar-refractivity contribution in [3.63, 3.8) is 0 Å². The van der Waals surface area contributed by atoms with Crippen molar-refractivity contribution in [1.82, 2.24) is 20.2 Å². The van der Waals surface area contributed by atoms with Gasteiger partial charge >= 0.3 is 0 Å². The Labute approximate surface area is 195 Å². The van der Waals surface area contributed by atoms with Gasteiger partial charge in [-0.2, -0.15) is 0 Å². The average Bonchev–Trinajstić information content (AvgIpc) is 3.24. The third-order valence-electron chi connectivity index (χ3n) is 5.73. The van der Waals surface area contributed by atoms with Crippen LogP contribution >= 0.6 is 11.3 Å². The van der Waals surface area contributed by atoms with Crippen LogP contribution in [0.3, 0.4) is 0 Å². The number of piperazine rings is 1. The summed E-state index contributed by atoms with van der Waals surface area (Å²) in [7, 11) is -3.85. The number of anilines is 3. The van der Waals surface area contributed by atoms with Crippen molar-refractivity contribution in [2.75, 3.05) is 23.3 Å². The van der Waals surface area contributed by atoms with Crippen LogP contribution in [0.2, 0.25) is 0 Å². The fourth-order valence-corrected chi connectivity index (χ4v) is 6.09. The number of hydrogen-bond acceptors (Lipinski definition) is 9. The first-order chi connectivity index (χ1) is 15.5. The highest BCUT2D eigenvalue weighted by atomic mass is 32.2. The molecule has 2 fully saturated rings. The van der Waals surface area contributed by atoms with Crippen molar-refractivity contribution in [2.45, 2.75) is 62.6 Å². The lowest BCUT2D eigenvalue weighted by Gasteiger charge is -2.38. The number of alkyl halides is 2. The summed E-state index contributed by atoms with van der Waals surface area (Å²) in [5.74, 6) is 0. The van der Waals surface area contributed by atoms with E-state index in [1.807, 2.05) is 25.7 Å². The van der Waals surface area contributed by atoms with Gasteiger partial charge in [-0.1, -0.05) is 11.3 Å². The quantitative estimate of drug-likeness (QED) is 0.411. The van der Waals surface area contributed by atoms with E-state index < -0.39 is 27.0 Å². The summed E-state index contributed by atoms with van der Waals surface area (Å²) in [5, 5.41) is 21.3. The molecule has 0 spiro atoms. The fourth-order valence-electron chi connectivity index (χ4n) is 3.97. The first kappa shape index (κ1) is 23.9. The summed E-state index contributed by atoms with van der Waals surface area (Å²) < 4.78 is 55.1. The lowest BCUT2D eigenvalue weighted by Crippen LogP contribution is -2.54. The van der Waals surface area contributed by atoms with Gasteiger partial charge in [-0.25, -0.2) is 21.9 Å². The van der Waals surface area contributed by atoms with Crippen LogP contribution in [0.1, 0.15) is 50.6 Å². The lowest BCUT2D eigenvalue weighted by atomic mass is 10.1. The Bertz CT molecular complexity index is 1140. The van der Waals surface area contributed by atoms with E-state index in [0.717, 1.165) is 19.1 Å². The Morgan fingerprint density at radius 1 is 1.27 bits per heavy atom. The second-order valence-electron chi connectivity index (χ2n) is 8.96. The Hall–Kier alpha value is -2.22. The molecule has 180 valence electrons. The molecule has 0 radical (unpaired) electrons. The molecule has 1 aliphatic carbocycles. The smallest absolute Gasteiger partial charge is 0.291 e. The number of nitrogens with zero attached hydrogens (tertiary/aromatic N) is 3. The number of sulfonamides is 1. The Morgan fingerprint density at radius 3 is 2.48 bits per heavy atom. The van der Waals surface area contributed by atoms with Crippen LogP contribution in [0.4, 0.5) is 25.3 Å². The van der Waals surface area contributed by atoms with Crippen LogP contribution in [-0.4, -0.2) is 55.5 Å². The molecule has 2 aromatic rings. The molecule has 0 bridgehead atoms. The molecule has 2 aliphatic rings. The van der Waals surface area contributed by atoms with Crippen molar-refractivity contribution >= 4 is 44.1 Å². The number of benzene rings is 1. The van der Waals surface area contributed by atoms with Crippen LogP contribution in [0.25, 0.3) is 0 Å². The van der Waals surface area contributed by atoms with E-state index in [0.29, 0.717) is 41.4 Å². The van der Waals surface area contributed by atoms with Gasteiger partial charge in [0.25, 0.3) is 6.43 Å². The Balaban J connectivity index is 1.79. The Morgan fingerprint density at radius 2 is 1.94 bits per heavy atom. The molecule has 0 unspecified atom stereocenters. The minimum atomic E-state index is -3.85. The minimum absolute atomic E-state index is 0.0381. The maximum atomic E-state index is 13.2. The third kappa shape index (κ3) is 5.31. The molecule has 2 atom stereocenters. The number of hydrogen-bond donors (Lipinski definition) is 4. The average molecular weight is 500 g/mol. The standard InChI is InChI=1S/C20H27F2N7O2S2/c1-11-9-29(10-12(2)24-11)16-7-13(33(30,31)28-20(3)4-5-20)6-15(14(16)8-23)25-19-27-26-18(32-19)17(21)22/h6-8,11-12,17,23-24,28H,4-5,9-10H2,1-3H3,(H,25,27)/t11-,12-/m0/s1. The van der Waals surface area contributed by atoms with Gasteiger partial charge in [0.1, 0.15) is 0 Å². The van der Waals surface area contributed by atoms with Crippen molar-refractivity contribution in [3.8, 4) is 0 Å². The monoisotopic (exact) mass is 499 g/mol. The van der Waals surface area contributed by atoms with Crippen molar-refractivity contribution < 1.29 is 17.2 Å². The third-order valence-corrected chi connectivity index (χ3v) is 8.20. The molecule has 1 aromatic heterocycles. The molecule has 2 heterocycles. The maximum absolute atomic E-state index is 13.2. The summed E-state index contributed by atoms with van der Waals surface area (Å²) in [6.07, 6.45) is -0.0983. The van der Waals surface area contributed by atoms with Crippen molar-refractivity contribution in [3.05, 3.63) is 22.7 Å². The summed E-state index contributed by atoms with van der Waals surface area (Å²) in [6, 6.07) is 3.31. The normalized spacial score (nSPS) is 22.4. The zero-order chi connectivity index (χ0) is 24.0. The molecule has 0 amide bonds. The van der Waals surface area contributed by atoms with Crippen LogP contribution in [0.15, 0.2) is 17.0 Å². The molecular weight excluding hydrogens is 472 g/mol. The molecule has 1 aromatic carbocycles. The Kier molecular flexibility index (Phi) is 6.42. The van der Waals surface area contributed by atoms with E-state index in [2.05, 4.69) is 25.6 Å². The van der Waals surface area contributed by atoms with Crippen molar-refractivity contribution in [2.24, 2.45) is 0 Å². The fraction of sp³-hybridized carbons (Fsp3) is 0.550. The summed E-state index contributed by atoms with van der Waals surface area (Å²) in [5.41, 5.74) is 0.854. The lowest BCUT2D eigenvalue weighted by molar-refractivity contribution is 0.150. The van der Waals surface area contributed by atoms with Crippen LogP contribution < -0.4 is 20.3 Å². The van der Waals surface area contributed by atoms with Gasteiger partial charge < -0.3 is 20.9 Å². The maximum Gasteiger partial charge on any atom is 0.291 e. The van der Waals surface area contributed by atoms with Crippen molar-refractivity contribution in [1.29, 1.82) is 5.41 Å². The first-order valence-electron chi connectivity index (χ1n) is 10.6. The van der Waals surface area contributed by atoms with E-state index >= 15 is 0 Å². The number of halogens is 2. The molecule has 4 N–H and O–H groups in total. The number of rotatable bonds is 8.